The Kier molecular flexibility index (Phi) is 3.57. The van der Waals surface area contributed by atoms with E-state index in [4.69, 9.17) is 0 Å². The molecule has 0 aliphatic heterocycles. The molecule has 1 aromatic rings. The summed E-state index contributed by atoms with van der Waals surface area (Å²) in [5.74, 6) is 0.525. The van der Waals surface area contributed by atoms with E-state index in [-0.39, 0.29) is 11.7 Å². The molecule has 6 heteroatoms. The highest BCUT2D eigenvalue weighted by Crippen LogP contribution is 2.72. The topological polar surface area (TPSA) is 59.1 Å². The van der Waals surface area contributed by atoms with Crippen molar-refractivity contribution in [2.24, 2.45) is 16.2 Å². The van der Waals surface area contributed by atoms with Crippen LogP contribution in [-0.4, -0.2) is 21.5 Å². The van der Waals surface area contributed by atoms with Gasteiger partial charge in [-0.25, -0.2) is 4.98 Å². The Hall–Kier alpha value is -0.750. The van der Waals surface area contributed by atoms with E-state index in [1.807, 2.05) is 26.8 Å². The first kappa shape index (κ1) is 16.1. The van der Waals surface area contributed by atoms with Crippen LogP contribution in [0.5, 0.6) is 0 Å². The number of halogens is 2. The Morgan fingerprint density at radius 2 is 2.00 bits per heavy atom. The van der Waals surface area contributed by atoms with E-state index in [0.29, 0.717) is 12.2 Å². The van der Waals surface area contributed by atoms with Crippen LogP contribution in [0.1, 0.15) is 33.6 Å². The standard InChI is InChI=1S/C16H18Br2N2O2/c1-14(2)15(3)6-7-16(14,11(18)12(15)21)13(22)20-10-5-4-9(17)8-19-10/h4-5,8,11H,6-7H2,1-3H3,(H,19,20,22)/t11-,15-,16-/m1/s1. The molecule has 1 aromatic heterocycles. The number of amides is 1. The van der Waals surface area contributed by atoms with Gasteiger partial charge in [0.25, 0.3) is 0 Å². The molecule has 0 saturated heterocycles. The van der Waals surface area contributed by atoms with E-state index in [0.717, 1.165) is 10.9 Å². The molecule has 2 aliphatic rings. The minimum absolute atomic E-state index is 0.122. The van der Waals surface area contributed by atoms with Crippen LogP contribution in [0.4, 0.5) is 5.82 Å². The first-order chi connectivity index (χ1) is 10.2. The number of nitrogens with zero attached hydrogens (tertiary/aromatic N) is 1. The molecule has 3 atom stereocenters. The van der Waals surface area contributed by atoms with Gasteiger partial charge in [-0.2, -0.15) is 0 Å². The fourth-order valence-electron chi connectivity index (χ4n) is 4.13. The lowest BCUT2D eigenvalue weighted by molar-refractivity contribution is -0.130. The summed E-state index contributed by atoms with van der Waals surface area (Å²) in [6.07, 6.45) is 3.10. The third kappa shape index (κ3) is 1.77. The maximum atomic E-state index is 13.0. The highest BCUT2D eigenvalue weighted by molar-refractivity contribution is 9.10. The van der Waals surface area contributed by atoms with Crippen LogP contribution in [-0.2, 0) is 9.59 Å². The van der Waals surface area contributed by atoms with Crippen LogP contribution in [0.3, 0.4) is 0 Å². The van der Waals surface area contributed by atoms with Crippen LogP contribution in [0, 0.1) is 16.2 Å². The van der Waals surface area contributed by atoms with Gasteiger partial charge < -0.3 is 5.32 Å². The molecule has 0 unspecified atom stereocenters. The average Bonchev–Trinajstić information content (AvgIpc) is 2.74. The summed E-state index contributed by atoms with van der Waals surface area (Å²) < 4.78 is 0.854. The average molecular weight is 430 g/mol. The van der Waals surface area contributed by atoms with Crippen LogP contribution in [0.25, 0.3) is 0 Å². The molecule has 1 amide bonds. The molecule has 22 heavy (non-hydrogen) atoms. The zero-order chi connectivity index (χ0) is 16.3. The summed E-state index contributed by atoms with van der Waals surface area (Å²) in [5, 5.41) is 2.90. The largest absolute Gasteiger partial charge is 0.310 e. The molecule has 0 spiro atoms. The second-order valence-corrected chi connectivity index (χ2v) is 8.80. The van der Waals surface area contributed by atoms with Gasteiger partial charge in [-0.15, -0.1) is 0 Å². The number of carbonyl (C=O) groups excluding carboxylic acids is 2. The minimum atomic E-state index is -0.729. The lowest BCUT2D eigenvalue weighted by atomic mass is 9.64. The second-order valence-electron chi connectivity index (χ2n) is 6.97. The number of fused-ring (bicyclic) bond motifs is 2. The minimum Gasteiger partial charge on any atom is -0.310 e. The zero-order valence-electron chi connectivity index (χ0n) is 12.7. The summed E-state index contributed by atoms with van der Waals surface area (Å²) in [6, 6.07) is 3.58. The van der Waals surface area contributed by atoms with E-state index in [2.05, 4.69) is 42.2 Å². The number of ketones is 1. The van der Waals surface area contributed by atoms with Crippen molar-refractivity contribution in [3.8, 4) is 0 Å². The molecule has 0 radical (unpaired) electrons. The quantitative estimate of drug-likeness (QED) is 0.724. The van der Waals surface area contributed by atoms with Gasteiger partial charge in [0.05, 0.1) is 10.2 Å². The second kappa shape index (κ2) is 4.87. The van der Waals surface area contributed by atoms with Crippen LogP contribution >= 0.6 is 31.9 Å². The SMILES string of the molecule is CC1(C)[C@]2(C(=O)Nc3ccc(Br)cn3)CC[C@]1(C)C(=O)[C@H]2Br. The highest BCUT2D eigenvalue weighted by atomic mass is 79.9. The Labute approximate surface area is 146 Å². The summed E-state index contributed by atoms with van der Waals surface area (Å²) in [7, 11) is 0. The zero-order valence-corrected chi connectivity index (χ0v) is 15.9. The van der Waals surface area contributed by atoms with Gasteiger partial charge in [-0.05, 0) is 46.3 Å². The van der Waals surface area contributed by atoms with E-state index in [9.17, 15) is 9.59 Å². The van der Waals surface area contributed by atoms with E-state index < -0.39 is 21.1 Å². The number of hydrogen-bond donors (Lipinski definition) is 1. The number of pyridine rings is 1. The molecule has 3 rings (SSSR count). The lowest BCUT2D eigenvalue weighted by Gasteiger charge is -2.39. The molecular formula is C16H18Br2N2O2. The molecule has 118 valence electrons. The van der Waals surface area contributed by atoms with Gasteiger partial charge in [-0.3, -0.25) is 9.59 Å². The van der Waals surface area contributed by atoms with Crippen molar-refractivity contribution in [1.82, 2.24) is 4.98 Å². The van der Waals surface area contributed by atoms with Gasteiger partial charge in [0.2, 0.25) is 5.91 Å². The van der Waals surface area contributed by atoms with E-state index in [1.165, 1.54) is 0 Å². The van der Waals surface area contributed by atoms with Crippen molar-refractivity contribution < 1.29 is 9.59 Å². The molecule has 2 saturated carbocycles. The van der Waals surface area contributed by atoms with Crippen LogP contribution in [0.15, 0.2) is 22.8 Å². The number of hydrogen-bond acceptors (Lipinski definition) is 3. The van der Waals surface area contributed by atoms with Crippen LogP contribution in [0.2, 0.25) is 0 Å². The maximum Gasteiger partial charge on any atom is 0.233 e. The number of carbonyl (C=O) groups is 2. The molecule has 0 aromatic carbocycles. The number of anilines is 1. The first-order valence-corrected chi connectivity index (χ1v) is 8.99. The van der Waals surface area contributed by atoms with Crippen molar-refractivity contribution in [3.05, 3.63) is 22.8 Å². The van der Waals surface area contributed by atoms with Gasteiger partial charge >= 0.3 is 0 Å². The summed E-state index contributed by atoms with van der Waals surface area (Å²) in [6.45, 7) is 6.06. The Bertz CT molecular complexity index is 659. The molecule has 2 bridgehead atoms. The van der Waals surface area contributed by atoms with Gasteiger partial charge in [0.15, 0.2) is 5.78 Å². The fourth-order valence-corrected chi connectivity index (χ4v) is 5.88. The monoisotopic (exact) mass is 428 g/mol. The van der Waals surface area contributed by atoms with Crippen molar-refractivity contribution in [2.75, 3.05) is 5.32 Å². The van der Waals surface area contributed by atoms with Gasteiger partial charge in [0.1, 0.15) is 5.82 Å². The number of nitrogens with one attached hydrogen (secondary N) is 1. The molecule has 4 nitrogen and oxygen atoms in total. The smallest absolute Gasteiger partial charge is 0.233 e. The third-order valence-corrected chi connectivity index (χ3v) is 7.76. The van der Waals surface area contributed by atoms with Crippen molar-refractivity contribution in [3.63, 3.8) is 0 Å². The summed E-state index contributed by atoms with van der Waals surface area (Å²) >= 11 is 6.84. The molecule has 2 aliphatic carbocycles. The van der Waals surface area contributed by atoms with Crippen LogP contribution < -0.4 is 5.32 Å². The van der Waals surface area contributed by atoms with Crippen molar-refractivity contribution >= 4 is 49.4 Å². The fraction of sp³-hybridized carbons (Fsp3) is 0.562. The highest BCUT2D eigenvalue weighted by Gasteiger charge is 2.76. The molecular weight excluding hydrogens is 412 g/mol. The predicted molar refractivity (Wildman–Crippen MR) is 91.8 cm³/mol. The summed E-state index contributed by atoms with van der Waals surface area (Å²) in [4.78, 5) is 29.5. The maximum absolute atomic E-state index is 13.0. The summed E-state index contributed by atoms with van der Waals surface area (Å²) in [5.41, 5.74) is -1.58. The van der Waals surface area contributed by atoms with E-state index in [1.54, 1.807) is 12.3 Å². The number of rotatable bonds is 2. The van der Waals surface area contributed by atoms with Gasteiger partial charge in [0, 0.05) is 16.1 Å². The Morgan fingerprint density at radius 3 is 2.50 bits per heavy atom. The molecule has 1 N–H and O–H groups in total. The first-order valence-electron chi connectivity index (χ1n) is 7.28. The normalized spacial score (nSPS) is 35.7. The predicted octanol–water partition coefficient (Wildman–Crippen LogP) is 3.94. The number of alkyl halides is 1. The van der Waals surface area contributed by atoms with Crippen molar-refractivity contribution in [2.45, 2.75) is 38.4 Å². The Balaban J connectivity index is 1.97. The van der Waals surface area contributed by atoms with Crippen molar-refractivity contribution in [1.29, 1.82) is 0 Å². The number of aromatic nitrogens is 1. The number of Topliss-reactive ketones (excluding diaryl/α,β-unsaturated/α-hetero) is 1. The van der Waals surface area contributed by atoms with Gasteiger partial charge in [-0.1, -0.05) is 36.7 Å². The molecule has 1 heterocycles. The molecule has 2 fully saturated rings. The Morgan fingerprint density at radius 1 is 1.32 bits per heavy atom. The lowest BCUT2D eigenvalue weighted by Crippen LogP contribution is -2.48. The third-order valence-electron chi connectivity index (χ3n) is 6.09. The van der Waals surface area contributed by atoms with E-state index >= 15 is 0 Å².